The number of hydrogen-bond acceptors (Lipinski definition) is 3. The number of benzene rings is 1. The Hall–Kier alpha value is -2.04. The molecule has 0 heterocycles. The predicted octanol–water partition coefficient (Wildman–Crippen LogP) is 1.70. The van der Waals surface area contributed by atoms with E-state index >= 15 is 0 Å². The molecule has 0 saturated carbocycles. The fraction of sp³-hybridized carbons (Fsp3) is 0.429. The second-order valence-electron chi connectivity index (χ2n) is 4.31. The smallest absolute Gasteiger partial charge is 0.323 e. The number of aryl methyl sites for hydroxylation is 1. The summed E-state index contributed by atoms with van der Waals surface area (Å²) in [6.45, 7) is 3.84. The van der Waals surface area contributed by atoms with E-state index in [2.05, 4.69) is 0 Å². The summed E-state index contributed by atoms with van der Waals surface area (Å²) >= 11 is 0. The highest BCUT2D eigenvalue weighted by molar-refractivity contribution is 5.82. The molecule has 1 aromatic carbocycles. The maximum Gasteiger partial charge on any atom is 0.323 e. The molecule has 0 radical (unpaired) electrons. The largest absolute Gasteiger partial charge is 0.484 e. The Labute approximate surface area is 112 Å². The molecular formula is C14H19NO4. The van der Waals surface area contributed by atoms with Crippen molar-refractivity contribution in [3.05, 3.63) is 29.8 Å². The second kappa shape index (κ2) is 7.41. The molecule has 0 aliphatic carbocycles. The Morgan fingerprint density at radius 2 is 1.89 bits per heavy atom. The Morgan fingerprint density at radius 3 is 2.42 bits per heavy atom. The van der Waals surface area contributed by atoms with Gasteiger partial charge in [0.1, 0.15) is 12.3 Å². The van der Waals surface area contributed by atoms with Crippen molar-refractivity contribution in [3.8, 4) is 5.75 Å². The standard InChI is InChI=1S/C14H19NO4/c1-3-8-15(9-14(17)18)13(16)10-19-12-6-4-11(2)5-7-12/h4-7H,3,8-10H2,1-2H3,(H,17,18). The van der Waals surface area contributed by atoms with E-state index in [0.29, 0.717) is 18.7 Å². The first kappa shape index (κ1) is 15.0. The van der Waals surface area contributed by atoms with Gasteiger partial charge in [0.15, 0.2) is 6.61 Å². The van der Waals surface area contributed by atoms with Crippen LogP contribution in [0.3, 0.4) is 0 Å². The summed E-state index contributed by atoms with van der Waals surface area (Å²) in [5.41, 5.74) is 1.11. The number of carboxylic acid groups (broad SMARTS) is 1. The Morgan fingerprint density at radius 1 is 1.26 bits per heavy atom. The molecule has 1 aromatic rings. The molecule has 0 aliphatic rings. The average molecular weight is 265 g/mol. The van der Waals surface area contributed by atoms with Crippen LogP contribution in [0.15, 0.2) is 24.3 Å². The van der Waals surface area contributed by atoms with Crippen molar-refractivity contribution < 1.29 is 19.4 Å². The van der Waals surface area contributed by atoms with Gasteiger partial charge in [0, 0.05) is 6.54 Å². The van der Waals surface area contributed by atoms with Crippen molar-refractivity contribution in [2.75, 3.05) is 19.7 Å². The normalized spacial score (nSPS) is 10.0. The fourth-order valence-corrected chi connectivity index (χ4v) is 1.60. The van der Waals surface area contributed by atoms with Crippen LogP contribution in [-0.2, 0) is 9.59 Å². The third-order valence-corrected chi connectivity index (χ3v) is 2.56. The summed E-state index contributed by atoms with van der Waals surface area (Å²) in [5, 5.41) is 8.74. The van der Waals surface area contributed by atoms with Gasteiger partial charge < -0.3 is 14.7 Å². The minimum absolute atomic E-state index is 0.143. The highest BCUT2D eigenvalue weighted by atomic mass is 16.5. The quantitative estimate of drug-likeness (QED) is 0.814. The molecule has 0 aromatic heterocycles. The van der Waals surface area contributed by atoms with Crippen molar-refractivity contribution in [3.63, 3.8) is 0 Å². The predicted molar refractivity (Wildman–Crippen MR) is 71.2 cm³/mol. The van der Waals surface area contributed by atoms with Gasteiger partial charge in [0.05, 0.1) is 0 Å². The van der Waals surface area contributed by atoms with Gasteiger partial charge in [-0.05, 0) is 25.5 Å². The molecule has 5 heteroatoms. The SMILES string of the molecule is CCCN(CC(=O)O)C(=O)COc1ccc(C)cc1. The number of aliphatic carboxylic acids is 1. The molecule has 5 nitrogen and oxygen atoms in total. The fourth-order valence-electron chi connectivity index (χ4n) is 1.60. The molecule has 0 unspecified atom stereocenters. The minimum atomic E-state index is -1.02. The van der Waals surface area contributed by atoms with E-state index in [1.165, 1.54) is 4.90 Å². The van der Waals surface area contributed by atoms with E-state index in [9.17, 15) is 9.59 Å². The van der Waals surface area contributed by atoms with Gasteiger partial charge in [-0.3, -0.25) is 9.59 Å². The van der Waals surface area contributed by atoms with Gasteiger partial charge in [-0.15, -0.1) is 0 Å². The third kappa shape index (κ3) is 5.42. The molecule has 1 rings (SSSR count). The van der Waals surface area contributed by atoms with Crippen molar-refractivity contribution in [2.45, 2.75) is 20.3 Å². The Balaban J connectivity index is 2.51. The Bertz CT molecular complexity index is 428. The van der Waals surface area contributed by atoms with Crippen LogP contribution in [0.2, 0.25) is 0 Å². The van der Waals surface area contributed by atoms with E-state index in [1.54, 1.807) is 12.1 Å². The van der Waals surface area contributed by atoms with E-state index in [4.69, 9.17) is 9.84 Å². The van der Waals surface area contributed by atoms with Crippen LogP contribution < -0.4 is 4.74 Å². The van der Waals surface area contributed by atoms with Crippen molar-refractivity contribution >= 4 is 11.9 Å². The monoisotopic (exact) mass is 265 g/mol. The lowest BCUT2D eigenvalue weighted by Crippen LogP contribution is -2.39. The minimum Gasteiger partial charge on any atom is -0.484 e. The number of rotatable bonds is 7. The third-order valence-electron chi connectivity index (χ3n) is 2.56. The van der Waals surface area contributed by atoms with E-state index in [0.717, 1.165) is 5.56 Å². The van der Waals surface area contributed by atoms with Crippen LogP contribution in [0.25, 0.3) is 0 Å². The van der Waals surface area contributed by atoms with Gasteiger partial charge in [0.25, 0.3) is 5.91 Å². The first-order chi connectivity index (χ1) is 9.02. The maximum atomic E-state index is 11.8. The molecule has 0 fully saturated rings. The van der Waals surface area contributed by atoms with Crippen LogP contribution in [0.5, 0.6) is 5.75 Å². The van der Waals surface area contributed by atoms with Crippen LogP contribution in [0.1, 0.15) is 18.9 Å². The molecule has 0 aliphatic heterocycles. The zero-order valence-corrected chi connectivity index (χ0v) is 11.3. The topological polar surface area (TPSA) is 66.8 Å². The number of carbonyl (C=O) groups excluding carboxylic acids is 1. The zero-order valence-electron chi connectivity index (χ0n) is 11.3. The number of carboxylic acids is 1. The van der Waals surface area contributed by atoms with E-state index in [-0.39, 0.29) is 19.1 Å². The molecule has 0 saturated heterocycles. The first-order valence-electron chi connectivity index (χ1n) is 6.22. The highest BCUT2D eigenvalue weighted by Crippen LogP contribution is 2.11. The van der Waals surface area contributed by atoms with Crippen molar-refractivity contribution in [2.24, 2.45) is 0 Å². The lowest BCUT2D eigenvalue weighted by Gasteiger charge is -2.20. The summed E-state index contributed by atoms with van der Waals surface area (Å²) in [6, 6.07) is 7.34. The summed E-state index contributed by atoms with van der Waals surface area (Å²) < 4.78 is 5.35. The lowest BCUT2D eigenvalue weighted by atomic mass is 10.2. The van der Waals surface area contributed by atoms with Crippen LogP contribution in [0, 0.1) is 6.92 Å². The molecule has 1 N–H and O–H groups in total. The van der Waals surface area contributed by atoms with Crippen LogP contribution in [-0.4, -0.2) is 41.6 Å². The summed E-state index contributed by atoms with van der Waals surface area (Å²) in [5.74, 6) is -0.729. The van der Waals surface area contributed by atoms with Gasteiger partial charge in [-0.25, -0.2) is 0 Å². The first-order valence-corrected chi connectivity index (χ1v) is 6.22. The number of amides is 1. The Kier molecular flexibility index (Phi) is 5.85. The number of carbonyl (C=O) groups is 2. The molecule has 19 heavy (non-hydrogen) atoms. The van der Waals surface area contributed by atoms with Crippen LogP contribution in [0.4, 0.5) is 0 Å². The lowest BCUT2D eigenvalue weighted by molar-refractivity contribution is -0.145. The zero-order chi connectivity index (χ0) is 14.3. The van der Waals surface area contributed by atoms with Crippen molar-refractivity contribution in [1.82, 2.24) is 4.90 Å². The van der Waals surface area contributed by atoms with Crippen LogP contribution >= 0.6 is 0 Å². The van der Waals surface area contributed by atoms with E-state index < -0.39 is 5.97 Å². The van der Waals surface area contributed by atoms with Gasteiger partial charge in [-0.2, -0.15) is 0 Å². The van der Waals surface area contributed by atoms with E-state index in [1.807, 2.05) is 26.0 Å². The summed E-state index contributed by atoms with van der Waals surface area (Å²) in [7, 11) is 0. The number of hydrogen-bond donors (Lipinski definition) is 1. The number of ether oxygens (including phenoxy) is 1. The molecule has 0 atom stereocenters. The maximum absolute atomic E-state index is 11.8. The summed E-state index contributed by atoms with van der Waals surface area (Å²) in [6.07, 6.45) is 0.712. The molecule has 0 bridgehead atoms. The van der Waals surface area contributed by atoms with Gasteiger partial charge >= 0.3 is 5.97 Å². The molecule has 1 amide bonds. The average Bonchev–Trinajstić information content (AvgIpc) is 2.37. The van der Waals surface area contributed by atoms with Crippen molar-refractivity contribution in [1.29, 1.82) is 0 Å². The second-order valence-corrected chi connectivity index (χ2v) is 4.31. The van der Waals surface area contributed by atoms with Gasteiger partial charge in [0.2, 0.25) is 0 Å². The highest BCUT2D eigenvalue weighted by Gasteiger charge is 2.16. The summed E-state index contributed by atoms with van der Waals surface area (Å²) in [4.78, 5) is 23.8. The van der Waals surface area contributed by atoms with Gasteiger partial charge in [-0.1, -0.05) is 24.6 Å². The molecule has 0 spiro atoms. The number of nitrogens with zero attached hydrogens (tertiary/aromatic N) is 1. The molecular weight excluding hydrogens is 246 g/mol. The molecule has 104 valence electrons.